The zero-order valence-corrected chi connectivity index (χ0v) is 12.0. The molecule has 1 aliphatic rings. The van der Waals surface area contributed by atoms with Crippen LogP contribution in [0, 0.1) is 0 Å². The van der Waals surface area contributed by atoms with E-state index in [2.05, 4.69) is 13.0 Å². The lowest BCUT2D eigenvalue weighted by Crippen LogP contribution is -2.24. The Bertz CT molecular complexity index is 248. The molecule has 0 saturated carbocycles. The monoisotopic (exact) mass is 256 g/mol. The van der Waals surface area contributed by atoms with E-state index in [0.29, 0.717) is 0 Å². The summed E-state index contributed by atoms with van der Waals surface area (Å²) in [7, 11) is 0. The molecule has 0 spiro atoms. The Morgan fingerprint density at radius 1 is 1.11 bits per heavy atom. The second-order valence-corrected chi connectivity index (χ2v) is 5.45. The lowest BCUT2D eigenvalue weighted by Gasteiger charge is -2.15. The van der Waals surface area contributed by atoms with Crippen molar-refractivity contribution in [3.63, 3.8) is 0 Å². The van der Waals surface area contributed by atoms with E-state index in [1.54, 1.807) is 0 Å². The second kappa shape index (κ2) is 7.93. The van der Waals surface area contributed by atoms with Crippen molar-refractivity contribution < 1.29 is 14.6 Å². The van der Waals surface area contributed by atoms with Gasteiger partial charge in [0.25, 0.3) is 0 Å². The predicted octanol–water partition coefficient (Wildman–Crippen LogP) is 3.42. The highest BCUT2D eigenvalue weighted by Crippen LogP contribution is 2.28. The minimum Gasteiger partial charge on any atom is -0.394 e. The zero-order chi connectivity index (χ0) is 13.4. The van der Waals surface area contributed by atoms with E-state index in [4.69, 9.17) is 9.47 Å². The van der Waals surface area contributed by atoms with Gasteiger partial charge in [0.15, 0.2) is 5.79 Å². The topological polar surface area (TPSA) is 38.7 Å². The van der Waals surface area contributed by atoms with Crippen LogP contribution in [0.25, 0.3) is 0 Å². The molecule has 0 amide bonds. The molecule has 3 nitrogen and oxygen atoms in total. The van der Waals surface area contributed by atoms with Crippen molar-refractivity contribution in [2.45, 2.75) is 77.3 Å². The van der Waals surface area contributed by atoms with Gasteiger partial charge in [0.2, 0.25) is 0 Å². The number of aliphatic hydroxyl groups is 1. The van der Waals surface area contributed by atoms with E-state index in [-0.39, 0.29) is 18.8 Å². The highest BCUT2D eigenvalue weighted by Gasteiger charge is 2.39. The van der Waals surface area contributed by atoms with Crippen molar-refractivity contribution in [3.05, 3.63) is 12.2 Å². The van der Waals surface area contributed by atoms with Gasteiger partial charge in [0.05, 0.1) is 6.61 Å². The van der Waals surface area contributed by atoms with Crippen LogP contribution in [0.5, 0.6) is 0 Å². The number of unbranched alkanes of at least 4 members (excludes halogenated alkanes) is 5. The maximum atomic E-state index is 9.23. The lowest BCUT2D eigenvalue weighted by atomic mass is 10.1. The van der Waals surface area contributed by atoms with Crippen molar-refractivity contribution in [1.29, 1.82) is 0 Å². The first-order valence-electron chi connectivity index (χ1n) is 7.22. The summed E-state index contributed by atoms with van der Waals surface area (Å²) < 4.78 is 11.3. The van der Waals surface area contributed by atoms with Gasteiger partial charge in [-0.15, -0.1) is 0 Å². The third kappa shape index (κ3) is 5.51. The molecule has 1 aliphatic heterocycles. The number of rotatable bonds is 8. The summed E-state index contributed by atoms with van der Waals surface area (Å²) in [6, 6.07) is 0. The second-order valence-electron chi connectivity index (χ2n) is 5.45. The number of hydrogen-bond acceptors (Lipinski definition) is 3. The Kier molecular flexibility index (Phi) is 6.90. The molecule has 0 bridgehead atoms. The van der Waals surface area contributed by atoms with Crippen LogP contribution in [0.4, 0.5) is 0 Å². The fourth-order valence-electron chi connectivity index (χ4n) is 2.26. The molecule has 1 rings (SSSR count). The van der Waals surface area contributed by atoms with Crippen LogP contribution in [0.3, 0.4) is 0 Å². The smallest absolute Gasteiger partial charge is 0.164 e. The fourth-order valence-corrected chi connectivity index (χ4v) is 2.26. The number of allylic oxidation sites excluding steroid dienone is 1. The van der Waals surface area contributed by atoms with Gasteiger partial charge in [-0.05, 0) is 26.7 Å². The summed E-state index contributed by atoms with van der Waals surface area (Å²) >= 11 is 0. The third-order valence-electron chi connectivity index (χ3n) is 3.20. The van der Waals surface area contributed by atoms with Crippen LogP contribution in [0.2, 0.25) is 0 Å². The van der Waals surface area contributed by atoms with E-state index in [1.165, 1.54) is 32.1 Å². The van der Waals surface area contributed by atoms with Crippen LogP contribution in [0.15, 0.2) is 12.2 Å². The van der Waals surface area contributed by atoms with E-state index in [9.17, 15) is 5.11 Å². The molecule has 18 heavy (non-hydrogen) atoms. The molecule has 2 atom stereocenters. The first-order valence-corrected chi connectivity index (χ1v) is 7.22. The Morgan fingerprint density at radius 3 is 2.50 bits per heavy atom. The first kappa shape index (κ1) is 15.7. The normalized spacial score (nSPS) is 27.1. The van der Waals surface area contributed by atoms with Gasteiger partial charge in [0.1, 0.15) is 12.2 Å². The zero-order valence-electron chi connectivity index (χ0n) is 12.0. The summed E-state index contributed by atoms with van der Waals surface area (Å²) in [5, 5.41) is 9.23. The minimum absolute atomic E-state index is 0.00887. The number of aliphatic hydroxyl groups excluding tert-OH is 1. The minimum atomic E-state index is -0.580. The van der Waals surface area contributed by atoms with Crippen molar-refractivity contribution in [3.8, 4) is 0 Å². The van der Waals surface area contributed by atoms with E-state index < -0.39 is 5.79 Å². The summed E-state index contributed by atoms with van der Waals surface area (Å²) in [5.74, 6) is -0.580. The van der Waals surface area contributed by atoms with Crippen molar-refractivity contribution in [1.82, 2.24) is 0 Å². The molecule has 3 heteroatoms. The van der Waals surface area contributed by atoms with Crippen LogP contribution in [-0.4, -0.2) is 29.7 Å². The largest absolute Gasteiger partial charge is 0.394 e. The van der Waals surface area contributed by atoms with Gasteiger partial charge >= 0.3 is 0 Å². The molecule has 1 saturated heterocycles. The average molecular weight is 256 g/mol. The van der Waals surface area contributed by atoms with E-state index in [1.807, 2.05) is 19.9 Å². The summed E-state index contributed by atoms with van der Waals surface area (Å²) in [6.07, 6.45) is 11.4. The highest BCUT2D eigenvalue weighted by molar-refractivity contribution is 4.97. The Hall–Kier alpha value is -0.380. The fraction of sp³-hybridized carbons (Fsp3) is 0.867. The molecule has 1 heterocycles. The lowest BCUT2D eigenvalue weighted by molar-refractivity contribution is -0.146. The van der Waals surface area contributed by atoms with Gasteiger partial charge in [-0.25, -0.2) is 0 Å². The SMILES string of the molecule is CCCCCCC/C=C\[C@@H]1OC(C)(C)O[C@H]1CO. The van der Waals surface area contributed by atoms with Crippen molar-refractivity contribution >= 4 is 0 Å². The number of ether oxygens (including phenoxy) is 2. The molecule has 106 valence electrons. The summed E-state index contributed by atoms with van der Waals surface area (Å²) in [6.45, 7) is 6.01. The van der Waals surface area contributed by atoms with Crippen molar-refractivity contribution in [2.24, 2.45) is 0 Å². The molecule has 0 radical (unpaired) electrons. The summed E-state index contributed by atoms with van der Waals surface area (Å²) in [4.78, 5) is 0. The molecule has 1 fully saturated rings. The first-order chi connectivity index (χ1) is 8.59. The highest BCUT2D eigenvalue weighted by atomic mass is 16.8. The maximum absolute atomic E-state index is 9.23. The van der Waals surface area contributed by atoms with Gasteiger partial charge < -0.3 is 14.6 Å². The molecular formula is C15H28O3. The molecule has 0 aliphatic carbocycles. The Labute approximate surface area is 111 Å². The van der Waals surface area contributed by atoms with Gasteiger partial charge in [-0.3, -0.25) is 0 Å². The van der Waals surface area contributed by atoms with Gasteiger partial charge in [0, 0.05) is 0 Å². The maximum Gasteiger partial charge on any atom is 0.164 e. The number of hydrogen-bond donors (Lipinski definition) is 1. The third-order valence-corrected chi connectivity index (χ3v) is 3.20. The Balaban J connectivity index is 2.20. The van der Waals surface area contributed by atoms with Crippen LogP contribution < -0.4 is 0 Å². The van der Waals surface area contributed by atoms with Gasteiger partial charge in [-0.2, -0.15) is 0 Å². The van der Waals surface area contributed by atoms with Crippen molar-refractivity contribution in [2.75, 3.05) is 6.61 Å². The molecular weight excluding hydrogens is 228 g/mol. The predicted molar refractivity (Wildman–Crippen MR) is 73.4 cm³/mol. The van der Waals surface area contributed by atoms with Crippen LogP contribution >= 0.6 is 0 Å². The van der Waals surface area contributed by atoms with E-state index >= 15 is 0 Å². The van der Waals surface area contributed by atoms with E-state index in [0.717, 1.165) is 6.42 Å². The molecule has 1 N–H and O–H groups in total. The van der Waals surface area contributed by atoms with Crippen LogP contribution in [0.1, 0.15) is 59.3 Å². The Morgan fingerprint density at radius 2 is 1.83 bits per heavy atom. The molecule has 0 aromatic rings. The summed E-state index contributed by atoms with van der Waals surface area (Å²) in [5.41, 5.74) is 0. The molecule has 0 unspecified atom stereocenters. The quantitative estimate of drug-likeness (QED) is 0.534. The molecule has 0 aromatic heterocycles. The molecule has 0 aromatic carbocycles. The van der Waals surface area contributed by atoms with Crippen LogP contribution in [-0.2, 0) is 9.47 Å². The standard InChI is InChI=1S/C15H28O3/c1-4-5-6-7-8-9-10-11-13-14(12-16)18-15(2,3)17-13/h10-11,13-14,16H,4-9,12H2,1-3H3/b11-10-/t13-,14-/m0/s1. The van der Waals surface area contributed by atoms with Gasteiger partial charge in [-0.1, -0.05) is 44.8 Å². The average Bonchev–Trinajstić information content (AvgIpc) is 2.63.